The highest BCUT2D eigenvalue weighted by Gasteiger charge is 2.29. The lowest BCUT2D eigenvalue weighted by atomic mass is 9.85. The van der Waals surface area contributed by atoms with Crippen LogP contribution in [0.15, 0.2) is 29.4 Å². The monoisotopic (exact) mass is 540 g/mol. The van der Waals surface area contributed by atoms with Crippen molar-refractivity contribution in [2.24, 2.45) is 32.7 Å². The molecule has 0 saturated heterocycles. The summed E-state index contributed by atoms with van der Waals surface area (Å²) in [4.78, 5) is 84.9. The predicted molar refractivity (Wildman–Crippen MR) is 141 cm³/mol. The molecule has 3 aliphatic carbocycles. The second-order valence-corrected chi connectivity index (χ2v) is 11.4. The summed E-state index contributed by atoms with van der Waals surface area (Å²) in [6.07, 6.45) is 13.7. The Hall–Kier alpha value is -3.45. The number of hydrogen-bond donors (Lipinski definition) is 0. The van der Waals surface area contributed by atoms with Gasteiger partial charge in [-0.3, -0.25) is 0 Å². The van der Waals surface area contributed by atoms with Crippen LogP contribution in [0.1, 0.15) is 77.0 Å². The van der Waals surface area contributed by atoms with E-state index >= 15 is 0 Å². The molecule has 0 N–H and O–H groups in total. The second-order valence-electron chi connectivity index (χ2n) is 11.4. The molecule has 4 rings (SSSR count). The maximum absolute atomic E-state index is 13.6. The van der Waals surface area contributed by atoms with Crippen molar-refractivity contribution < 1.29 is 14.4 Å². The normalized spacial score (nSPS) is 28.9. The Morgan fingerprint density at radius 1 is 0.513 bits per heavy atom. The number of aromatic nitrogens is 3. The minimum atomic E-state index is -0.629. The molecule has 1 aromatic heterocycles. The molecular formula is C27H36N6O6. The van der Waals surface area contributed by atoms with E-state index in [9.17, 15) is 28.8 Å². The third kappa shape index (κ3) is 7.15. The Morgan fingerprint density at radius 3 is 1.05 bits per heavy atom. The fourth-order valence-corrected chi connectivity index (χ4v) is 6.79. The fraction of sp³-hybridized carbons (Fsp3) is 0.778. The Morgan fingerprint density at radius 2 is 0.795 bits per heavy atom. The third-order valence-corrected chi connectivity index (χ3v) is 8.68. The van der Waals surface area contributed by atoms with Crippen LogP contribution in [-0.4, -0.2) is 50.1 Å². The molecule has 3 aliphatic rings. The average Bonchev–Trinajstić information content (AvgIpc) is 2.93. The highest BCUT2D eigenvalue weighted by Crippen LogP contribution is 2.29. The molecule has 210 valence electrons. The fourth-order valence-electron chi connectivity index (χ4n) is 6.79. The Balaban J connectivity index is 1.68. The van der Waals surface area contributed by atoms with Gasteiger partial charge in [-0.1, -0.05) is 19.3 Å². The smallest absolute Gasteiger partial charge is 0.247 e. The van der Waals surface area contributed by atoms with Crippen LogP contribution in [0.2, 0.25) is 0 Å². The molecule has 0 bridgehead atoms. The third-order valence-electron chi connectivity index (χ3n) is 8.68. The summed E-state index contributed by atoms with van der Waals surface area (Å²) >= 11 is 0. The molecule has 1 heterocycles. The number of isocyanates is 3. The van der Waals surface area contributed by atoms with Crippen LogP contribution in [0.5, 0.6) is 0 Å². The first kappa shape index (κ1) is 28.6. The zero-order valence-electron chi connectivity index (χ0n) is 22.2. The van der Waals surface area contributed by atoms with Gasteiger partial charge in [0.2, 0.25) is 18.2 Å². The maximum Gasteiger partial charge on any atom is 0.336 e. The van der Waals surface area contributed by atoms with E-state index in [2.05, 4.69) is 15.0 Å². The summed E-state index contributed by atoms with van der Waals surface area (Å²) < 4.78 is 3.52. The zero-order chi connectivity index (χ0) is 27.8. The van der Waals surface area contributed by atoms with Gasteiger partial charge in [0, 0.05) is 19.6 Å². The quantitative estimate of drug-likeness (QED) is 0.344. The summed E-state index contributed by atoms with van der Waals surface area (Å²) in [5, 5.41) is 0. The van der Waals surface area contributed by atoms with Crippen molar-refractivity contribution in [2.75, 3.05) is 0 Å². The van der Waals surface area contributed by atoms with E-state index in [1.54, 1.807) is 18.2 Å². The van der Waals surface area contributed by atoms with Crippen molar-refractivity contribution in [2.45, 2.75) is 115 Å². The maximum atomic E-state index is 13.6. The summed E-state index contributed by atoms with van der Waals surface area (Å²) in [7, 11) is 0. The summed E-state index contributed by atoms with van der Waals surface area (Å²) in [5.41, 5.74) is -1.89. The van der Waals surface area contributed by atoms with Crippen molar-refractivity contribution >= 4 is 18.2 Å². The van der Waals surface area contributed by atoms with E-state index in [0.717, 1.165) is 57.8 Å². The van der Waals surface area contributed by atoms with Crippen LogP contribution in [0, 0.1) is 17.8 Å². The minimum Gasteiger partial charge on any atom is -0.247 e. The zero-order valence-corrected chi connectivity index (χ0v) is 22.2. The molecule has 0 aliphatic heterocycles. The summed E-state index contributed by atoms with van der Waals surface area (Å²) in [6.45, 7) is 0.441. The summed E-state index contributed by atoms with van der Waals surface area (Å²) in [6, 6.07) is -0.541. The highest BCUT2D eigenvalue weighted by molar-refractivity contribution is 5.34. The van der Waals surface area contributed by atoms with E-state index < -0.39 is 17.1 Å². The molecule has 6 unspecified atom stereocenters. The molecule has 0 spiro atoms. The number of hydrogen-bond acceptors (Lipinski definition) is 9. The first-order chi connectivity index (χ1) is 18.9. The lowest BCUT2D eigenvalue weighted by molar-refractivity contribution is 0.243. The lowest BCUT2D eigenvalue weighted by Gasteiger charge is -2.29. The first-order valence-corrected chi connectivity index (χ1v) is 14.1. The SMILES string of the molecule is O=C=NC1CCCC(Cn2c(=O)n(CC3CCCC(N=C=O)C3)c(=O)n(CC3CCCC(N=C=O)C3)c2=O)C1. The van der Waals surface area contributed by atoms with Gasteiger partial charge in [-0.05, 0) is 75.5 Å². The van der Waals surface area contributed by atoms with Crippen molar-refractivity contribution in [3.8, 4) is 0 Å². The van der Waals surface area contributed by atoms with E-state index in [1.807, 2.05) is 0 Å². The van der Waals surface area contributed by atoms with Gasteiger partial charge in [-0.2, -0.15) is 0 Å². The molecule has 0 amide bonds. The molecule has 3 fully saturated rings. The van der Waals surface area contributed by atoms with E-state index in [4.69, 9.17) is 0 Å². The Kier molecular flexibility index (Phi) is 9.93. The second kappa shape index (κ2) is 13.6. The van der Waals surface area contributed by atoms with Crippen molar-refractivity contribution in [3.05, 3.63) is 31.5 Å². The van der Waals surface area contributed by atoms with Crippen LogP contribution in [-0.2, 0) is 34.0 Å². The molecule has 0 aromatic carbocycles. The topological polar surface area (TPSA) is 154 Å². The molecule has 12 heteroatoms. The van der Waals surface area contributed by atoms with Crippen molar-refractivity contribution in [1.29, 1.82) is 0 Å². The van der Waals surface area contributed by atoms with E-state index in [0.29, 0.717) is 19.3 Å². The average molecular weight is 541 g/mol. The first-order valence-electron chi connectivity index (χ1n) is 14.1. The predicted octanol–water partition coefficient (Wildman–Crippen LogP) is 1.86. The van der Waals surface area contributed by atoms with E-state index in [-0.39, 0.29) is 55.5 Å². The standard InChI is InChI=1S/C27H36N6O6/c34-16-28-22-7-1-4-19(10-22)13-31-25(37)32(14-20-5-2-8-23(11-20)29-17-35)27(39)33(26(31)38)15-21-6-3-9-24(12-21)30-18-36/h19-24H,1-15H2. The molecule has 39 heavy (non-hydrogen) atoms. The molecule has 12 nitrogen and oxygen atoms in total. The van der Waals surface area contributed by atoms with Gasteiger partial charge < -0.3 is 0 Å². The molecular weight excluding hydrogens is 504 g/mol. The van der Waals surface area contributed by atoms with Crippen LogP contribution in [0.25, 0.3) is 0 Å². The number of rotatable bonds is 9. The van der Waals surface area contributed by atoms with Gasteiger partial charge in [-0.25, -0.2) is 57.4 Å². The minimum absolute atomic E-state index is 0.0346. The van der Waals surface area contributed by atoms with Gasteiger partial charge in [0.05, 0.1) is 18.1 Å². The Labute approximate surface area is 225 Å². The van der Waals surface area contributed by atoms with Gasteiger partial charge in [0.25, 0.3) is 0 Å². The van der Waals surface area contributed by atoms with Gasteiger partial charge in [-0.15, -0.1) is 0 Å². The highest BCUT2D eigenvalue weighted by atomic mass is 16.2. The van der Waals surface area contributed by atoms with Crippen LogP contribution < -0.4 is 17.1 Å². The summed E-state index contributed by atoms with van der Waals surface area (Å²) in [5.74, 6) is -0.104. The molecule has 0 radical (unpaired) electrons. The molecule has 6 atom stereocenters. The van der Waals surface area contributed by atoms with Crippen LogP contribution in [0.3, 0.4) is 0 Å². The number of nitrogens with zero attached hydrogens (tertiary/aromatic N) is 6. The lowest BCUT2D eigenvalue weighted by Crippen LogP contribution is -2.56. The molecule has 1 aromatic rings. The van der Waals surface area contributed by atoms with Gasteiger partial charge in [0.1, 0.15) is 0 Å². The van der Waals surface area contributed by atoms with Gasteiger partial charge in [0.15, 0.2) is 0 Å². The van der Waals surface area contributed by atoms with Crippen molar-refractivity contribution in [3.63, 3.8) is 0 Å². The number of carbonyl (C=O) groups excluding carboxylic acids is 3. The van der Waals surface area contributed by atoms with Crippen LogP contribution in [0.4, 0.5) is 0 Å². The molecule has 3 saturated carbocycles. The van der Waals surface area contributed by atoms with Crippen molar-refractivity contribution in [1.82, 2.24) is 13.7 Å². The van der Waals surface area contributed by atoms with Gasteiger partial charge >= 0.3 is 17.1 Å². The largest absolute Gasteiger partial charge is 0.336 e. The van der Waals surface area contributed by atoms with E-state index in [1.165, 1.54) is 13.7 Å². The van der Waals surface area contributed by atoms with Crippen LogP contribution >= 0.6 is 0 Å². The Bertz CT molecular complexity index is 1150. The number of aliphatic imine (C=N–C) groups is 3.